The molecule has 2 heterocycles. The second kappa shape index (κ2) is 9.47. The minimum atomic E-state index is 0.0956. The van der Waals surface area contributed by atoms with Gasteiger partial charge in [0.15, 0.2) is 0 Å². The normalized spacial score (nSPS) is 20.2. The van der Waals surface area contributed by atoms with E-state index >= 15 is 0 Å². The molecule has 6 heteroatoms. The first-order chi connectivity index (χ1) is 14.6. The Morgan fingerprint density at radius 3 is 2.67 bits per heavy atom. The Morgan fingerprint density at radius 1 is 1.13 bits per heavy atom. The van der Waals surface area contributed by atoms with E-state index in [1.807, 2.05) is 43.0 Å². The predicted octanol–water partition coefficient (Wildman–Crippen LogP) is 4.13. The summed E-state index contributed by atoms with van der Waals surface area (Å²) in [7, 11) is 0. The molecule has 1 amide bonds. The van der Waals surface area contributed by atoms with Gasteiger partial charge < -0.3 is 14.2 Å². The summed E-state index contributed by atoms with van der Waals surface area (Å²) in [4.78, 5) is 17.4. The van der Waals surface area contributed by atoms with Gasteiger partial charge in [0.1, 0.15) is 17.6 Å². The van der Waals surface area contributed by atoms with Crippen LogP contribution in [0.4, 0.5) is 0 Å². The highest BCUT2D eigenvalue weighted by Crippen LogP contribution is 2.21. The van der Waals surface area contributed by atoms with E-state index in [9.17, 15) is 4.79 Å². The molecule has 0 spiro atoms. The molecule has 6 nitrogen and oxygen atoms in total. The average Bonchev–Trinajstić information content (AvgIpc) is 2.95. The van der Waals surface area contributed by atoms with Crippen LogP contribution in [0.15, 0.2) is 40.9 Å². The van der Waals surface area contributed by atoms with Gasteiger partial charge in [-0.25, -0.2) is 0 Å². The number of hydrogen-bond donors (Lipinski definition) is 0. The maximum atomic E-state index is 13.0. The number of allylic oxidation sites excluding steroid dienone is 1. The first kappa shape index (κ1) is 20.7. The van der Waals surface area contributed by atoms with Crippen molar-refractivity contribution in [1.82, 2.24) is 15.0 Å². The predicted molar refractivity (Wildman–Crippen MR) is 116 cm³/mol. The van der Waals surface area contributed by atoms with Crippen LogP contribution in [0.1, 0.15) is 53.1 Å². The highest BCUT2D eigenvalue weighted by molar-refractivity contribution is 5.94. The summed E-state index contributed by atoms with van der Waals surface area (Å²) in [5, 5.41) is 4.05. The third-order valence-electron chi connectivity index (χ3n) is 6.04. The quantitative estimate of drug-likeness (QED) is 0.695. The number of benzene rings is 1. The molecule has 1 atom stereocenters. The minimum absolute atomic E-state index is 0.0956. The number of hydrogen-bond acceptors (Lipinski definition) is 5. The molecule has 0 radical (unpaired) electrons. The largest absolute Gasteiger partial charge is 0.486 e. The highest BCUT2D eigenvalue weighted by Gasteiger charge is 2.22. The monoisotopic (exact) mass is 409 g/mol. The lowest BCUT2D eigenvalue weighted by atomic mass is 10.1. The van der Waals surface area contributed by atoms with Crippen LogP contribution in [-0.2, 0) is 6.54 Å². The van der Waals surface area contributed by atoms with Crippen molar-refractivity contribution >= 4 is 5.91 Å². The van der Waals surface area contributed by atoms with Crippen LogP contribution in [0.3, 0.4) is 0 Å². The first-order valence-electron chi connectivity index (χ1n) is 11.0. The lowest BCUT2D eigenvalue weighted by Crippen LogP contribution is -2.35. The number of rotatable bonds is 5. The summed E-state index contributed by atoms with van der Waals surface area (Å²) in [6, 6.07) is 7.60. The molecule has 1 unspecified atom stereocenters. The van der Waals surface area contributed by atoms with Gasteiger partial charge in [-0.15, -0.1) is 0 Å². The standard InChI is InChI=1S/C24H31N3O3/c1-18-23(19(2)30-25-18)17-26-13-6-14-27(16-15-26)24(28)20-9-11-22(12-10-20)29-21-7-4-3-5-8-21/h4,7,9-12,21H,3,5-6,8,13-17H2,1-2H3. The van der Waals surface area contributed by atoms with Crippen molar-refractivity contribution in [2.45, 2.75) is 52.2 Å². The third kappa shape index (κ3) is 4.93. The van der Waals surface area contributed by atoms with Crippen molar-refractivity contribution in [1.29, 1.82) is 0 Å². The van der Waals surface area contributed by atoms with Crippen LogP contribution in [-0.4, -0.2) is 53.1 Å². The molecule has 4 rings (SSSR count). The fraction of sp³-hybridized carbons (Fsp3) is 0.500. The van der Waals surface area contributed by atoms with E-state index in [-0.39, 0.29) is 12.0 Å². The van der Waals surface area contributed by atoms with E-state index < -0.39 is 0 Å². The Hall–Kier alpha value is -2.60. The molecule has 1 aromatic heterocycles. The van der Waals surface area contributed by atoms with Crippen LogP contribution < -0.4 is 4.74 Å². The molecule has 1 aromatic carbocycles. The summed E-state index contributed by atoms with van der Waals surface area (Å²) in [5.41, 5.74) is 2.84. The number of aromatic nitrogens is 1. The second-order valence-corrected chi connectivity index (χ2v) is 8.26. The molecule has 1 fully saturated rings. The number of carbonyl (C=O) groups excluding carboxylic acids is 1. The summed E-state index contributed by atoms with van der Waals surface area (Å²) in [5.74, 6) is 1.80. The van der Waals surface area contributed by atoms with Gasteiger partial charge in [-0.05, 0) is 69.9 Å². The maximum absolute atomic E-state index is 13.0. The second-order valence-electron chi connectivity index (χ2n) is 8.26. The van der Waals surface area contributed by atoms with Crippen LogP contribution in [0.25, 0.3) is 0 Å². The Balaban J connectivity index is 1.33. The zero-order valence-electron chi connectivity index (χ0n) is 18.0. The number of aryl methyl sites for hydroxylation is 2. The molecular weight excluding hydrogens is 378 g/mol. The van der Waals surface area contributed by atoms with E-state index in [2.05, 4.69) is 22.2 Å². The van der Waals surface area contributed by atoms with Crippen LogP contribution in [0, 0.1) is 13.8 Å². The number of nitrogens with zero attached hydrogens (tertiary/aromatic N) is 3. The Labute approximate surface area is 178 Å². The van der Waals surface area contributed by atoms with Crippen molar-refractivity contribution in [3.8, 4) is 5.75 Å². The number of ether oxygens (including phenoxy) is 1. The molecule has 1 aliphatic heterocycles. The zero-order chi connectivity index (χ0) is 20.9. The van der Waals surface area contributed by atoms with Gasteiger partial charge in [0, 0.05) is 43.9 Å². The van der Waals surface area contributed by atoms with E-state index in [1.165, 1.54) is 6.42 Å². The molecule has 160 valence electrons. The molecule has 0 bridgehead atoms. The molecule has 2 aromatic rings. The summed E-state index contributed by atoms with van der Waals surface area (Å²) in [6.45, 7) is 8.10. The topological polar surface area (TPSA) is 58.8 Å². The van der Waals surface area contributed by atoms with Gasteiger partial charge in [0.2, 0.25) is 0 Å². The Kier molecular flexibility index (Phi) is 6.53. The minimum Gasteiger partial charge on any atom is -0.486 e. The smallest absolute Gasteiger partial charge is 0.253 e. The fourth-order valence-corrected chi connectivity index (χ4v) is 4.20. The van der Waals surface area contributed by atoms with Crippen molar-refractivity contribution in [3.63, 3.8) is 0 Å². The summed E-state index contributed by atoms with van der Waals surface area (Å²) < 4.78 is 11.3. The molecule has 1 aliphatic carbocycles. The fourth-order valence-electron chi connectivity index (χ4n) is 4.20. The molecule has 0 N–H and O–H groups in total. The van der Waals surface area contributed by atoms with Gasteiger partial charge in [-0.3, -0.25) is 9.69 Å². The Bertz CT molecular complexity index is 868. The van der Waals surface area contributed by atoms with Gasteiger partial charge >= 0.3 is 0 Å². The summed E-state index contributed by atoms with van der Waals surface area (Å²) >= 11 is 0. The van der Waals surface area contributed by atoms with Crippen molar-refractivity contribution in [2.24, 2.45) is 0 Å². The molecule has 2 aliphatic rings. The van der Waals surface area contributed by atoms with E-state index in [0.717, 1.165) is 80.3 Å². The maximum Gasteiger partial charge on any atom is 0.253 e. The molecular formula is C24H31N3O3. The number of carbonyl (C=O) groups is 1. The SMILES string of the molecule is Cc1noc(C)c1CN1CCCN(C(=O)c2ccc(OC3C=CCCC3)cc2)CC1. The number of amides is 1. The summed E-state index contributed by atoms with van der Waals surface area (Å²) in [6.07, 6.45) is 8.78. The van der Waals surface area contributed by atoms with Crippen molar-refractivity contribution in [2.75, 3.05) is 26.2 Å². The average molecular weight is 410 g/mol. The van der Waals surface area contributed by atoms with Gasteiger partial charge in [0.05, 0.1) is 5.69 Å². The van der Waals surface area contributed by atoms with Gasteiger partial charge in [-0.2, -0.15) is 0 Å². The highest BCUT2D eigenvalue weighted by atomic mass is 16.5. The van der Waals surface area contributed by atoms with Gasteiger partial charge in [-0.1, -0.05) is 11.2 Å². The lowest BCUT2D eigenvalue weighted by Gasteiger charge is -2.22. The van der Waals surface area contributed by atoms with Crippen molar-refractivity contribution < 1.29 is 14.1 Å². The molecule has 0 saturated carbocycles. The van der Waals surface area contributed by atoms with Crippen LogP contribution in [0.2, 0.25) is 0 Å². The Morgan fingerprint density at radius 2 is 1.97 bits per heavy atom. The molecule has 1 saturated heterocycles. The van der Waals surface area contributed by atoms with Crippen LogP contribution >= 0.6 is 0 Å². The van der Waals surface area contributed by atoms with Crippen LogP contribution in [0.5, 0.6) is 5.75 Å². The zero-order valence-corrected chi connectivity index (χ0v) is 18.0. The van der Waals surface area contributed by atoms with E-state index in [0.29, 0.717) is 0 Å². The van der Waals surface area contributed by atoms with Crippen molar-refractivity contribution in [3.05, 3.63) is 59.0 Å². The lowest BCUT2D eigenvalue weighted by molar-refractivity contribution is 0.0761. The third-order valence-corrected chi connectivity index (χ3v) is 6.04. The molecule has 30 heavy (non-hydrogen) atoms. The van der Waals surface area contributed by atoms with Gasteiger partial charge in [0.25, 0.3) is 5.91 Å². The first-order valence-corrected chi connectivity index (χ1v) is 11.0. The van der Waals surface area contributed by atoms with E-state index in [4.69, 9.17) is 9.26 Å². The van der Waals surface area contributed by atoms with E-state index in [1.54, 1.807) is 0 Å².